The number of hydrogen-bond donors (Lipinski definition) is 1. The minimum Gasteiger partial charge on any atom is -0.290 e. The van der Waals surface area contributed by atoms with E-state index >= 15 is 0 Å². The van der Waals surface area contributed by atoms with Crippen LogP contribution in [0.4, 0.5) is 0 Å². The molecule has 0 atom stereocenters. The Labute approximate surface area is 68.5 Å². The van der Waals surface area contributed by atoms with Crippen molar-refractivity contribution in [2.24, 2.45) is 4.99 Å². The number of unbranched alkanes of at least 4 members (excludes halogenated alkanes) is 1. The summed E-state index contributed by atoms with van der Waals surface area (Å²) < 4.78 is 0. The van der Waals surface area contributed by atoms with E-state index in [0.717, 1.165) is 24.9 Å². The molecule has 0 rings (SSSR count). The molecule has 0 heterocycles. The van der Waals surface area contributed by atoms with Gasteiger partial charge in [-0.3, -0.25) is 5.41 Å². The third kappa shape index (κ3) is 5.52. The van der Waals surface area contributed by atoms with Crippen molar-refractivity contribution in [1.82, 2.24) is 0 Å². The molecule has 1 N–H and O–H groups in total. The molecule has 0 saturated carbocycles. The highest BCUT2D eigenvalue weighted by Gasteiger charge is 1.90. The number of rotatable bonds is 5. The maximum Gasteiger partial charge on any atom is 0.107 e. The molecule has 0 aromatic heterocycles. The Morgan fingerprint density at radius 1 is 1.55 bits per heavy atom. The summed E-state index contributed by atoms with van der Waals surface area (Å²) >= 11 is 0. The summed E-state index contributed by atoms with van der Waals surface area (Å²) in [6, 6.07) is 0. The largest absolute Gasteiger partial charge is 0.290 e. The Morgan fingerprint density at radius 2 is 2.27 bits per heavy atom. The summed E-state index contributed by atoms with van der Waals surface area (Å²) in [5.74, 6) is 0. The maximum absolute atomic E-state index is 6.80. The average Bonchev–Trinajstić information content (AvgIpc) is 2.01. The first kappa shape index (κ1) is 10.1. The first-order chi connectivity index (χ1) is 5.35. The van der Waals surface area contributed by atoms with Crippen molar-refractivity contribution in [3.8, 4) is 0 Å². The summed E-state index contributed by atoms with van der Waals surface area (Å²) in [6.45, 7) is 4.11. The Balaban J connectivity index is 3.89. The lowest BCUT2D eigenvalue weighted by atomic mass is 10.1. The SMILES string of the molecule is C/C=C\C(CCCC)=N/C=N. The standard InChI is InChI=1S/C9H16N2/c1-3-5-7-9(6-4-2)11-8-10/h4,6,8,10H,3,5,7H2,1-2H3/b6-4-,10-8?,11-9+. The monoisotopic (exact) mass is 152 g/mol. The van der Waals surface area contributed by atoms with E-state index in [0.29, 0.717) is 0 Å². The second-order valence-corrected chi connectivity index (χ2v) is 2.35. The minimum atomic E-state index is 0.982. The van der Waals surface area contributed by atoms with E-state index in [1.54, 1.807) is 0 Å². The molecular formula is C9H16N2. The normalized spacial score (nSPS) is 12.4. The van der Waals surface area contributed by atoms with E-state index in [-0.39, 0.29) is 0 Å². The van der Waals surface area contributed by atoms with Crippen molar-refractivity contribution in [3.05, 3.63) is 12.2 Å². The molecule has 0 aromatic carbocycles. The highest BCUT2D eigenvalue weighted by molar-refractivity contribution is 5.98. The number of nitrogens with one attached hydrogen (secondary N) is 1. The Hall–Kier alpha value is -0.920. The average molecular weight is 152 g/mol. The van der Waals surface area contributed by atoms with Crippen molar-refractivity contribution in [3.63, 3.8) is 0 Å². The van der Waals surface area contributed by atoms with Gasteiger partial charge in [-0.1, -0.05) is 19.4 Å². The van der Waals surface area contributed by atoms with Gasteiger partial charge in [-0.05, 0) is 25.8 Å². The van der Waals surface area contributed by atoms with Gasteiger partial charge in [0.15, 0.2) is 0 Å². The number of allylic oxidation sites excluding steroid dienone is 2. The smallest absolute Gasteiger partial charge is 0.107 e. The minimum absolute atomic E-state index is 0.982. The zero-order valence-corrected chi connectivity index (χ0v) is 7.30. The molecule has 62 valence electrons. The lowest BCUT2D eigenvalue weighted by Gasteiger charge is -1.95. The third-order valence-corrected chi connectivity index (χ3v) is 1.38. The predicted octanol–water partition coefficient (Wildman–Crippen LogP) is 2.80. The van der Waals surface area contributed by atoms with Crippen molar-refractivity contribution in [2.75, 3.05) is 0 Å². The first-order valence-corrected chi connectivity index (χ1v) is 4.03. The number of hydrogen-bond acceptors (Lipinski definition) is 1. The van der Waals surface area contributed by atoms with Crippen molar-refractivity contribution in [1.29, 1.82) is 5.41 Å². The van der Waals surface area contributed by atoms with Crippen LogP contribution in [0.25, 0.3) is 0 Å². The second-order valence-electron chi connectivity index (χ2n) is 2.35. The molecule has 0 bridgehead atoms. The molecule has 0 amide bonds. The maximum atomic E-state index is 6.80. The Kier molecular flexibility index (Phi) is 6.59. The van der Waals surface area contributed by atoms with Gasteiger partial charge in [-0.25, -0.2) is 4.99 Å². The number of nitrogens with zero attached hydrogens (tertiary/aromatic N) is 1. The first-order valence-electron chi connectivity index (χ1n) is 4.03. The molecule has 0 spiro atoms. The Bertz CT molecular complexity index is 157. The molecule has 0 radical (unpaired) electrons. The second kappa shape index (κ2) is 7.19. The zero-order valence-electron chi connectivity index (χ0n) is 7.30. The van der Waals surface area contributed by atoms with Gasteiger partial charge in [0.1, 0.15) is 6.34 Å². The summed E-state index contributed by atoms with van der Waals surface area (Å²) in [5, 5.41) is 6.80. The van der Waals surface area contributed by atoms with Crippen LogP contribution in [0.15, 0.2) is 17.1 Å². The number of aliphatic imine (C=N–C) groups is 1. The van der Waals surface area contributed by atoms with Gasteiger partial charge in [0.2, 0.25) is 0 Å². The quantitative estimate of drug-likeness (QED) is 0.464. The Morgan fingerprint density at radius 3 is 2.73 bits per heavy atom. The lowest BCUT2D eigenvalue weighted by molar-refractivity contribution is 0.837. The van der Waals surface area contributed by atoms with Crippen LogP contribution in [0.1, 0.15) is 33.1 Å². The van der Waals surface area contributed by atoms with Crippen LogP contribution in [0.2, 0.25) is 0 Å². The fraction of sp³-hybridized carbons (Fsp3) is 0.556. The van der Waals surface area contributed by atoms with Crippen LogP contribution in [0, 0.1) is 5.41 Å². The van der Waals surface area contributed by atoms with Crippen LogP contribution in [-0.4, -0.2) is 12.1 Å². The van der Waals surface area contributed by atoms with Crippen LogP contribution in [0.5, 0.6) is 0 Å². The van der Waals surface area contributed by atoms with E-state index < -0.39 is 0 Å². The molecule has 0 aliphatic heterocycles. The van der Waals surface area contributed by atoms with E-state index in [4.69, 9.17) is 5.41 Å². The highest BCUT2D eigenvalue weighted by atomic mass is 14.8. The predicted molar refractivity (Wildman–Crippen MR) is 50.6 cm³/mol. The zero-order chi connectivity index (χ0) is 8.53. The van der Waals surface area contributed by atoms with Gasteiger partial charge >= 0.3 is 0 Å². The molecule has 0 aliphatic carbocycles. The molecule has 2 heteroatoms. The fourth-order valence-electron chi connectivity index (χ4n) is 0.824. The van der Waals surface area contributed by atoms with Gasteiger partial charge in [0.25, 0.3) is 0 Å². The van der Waals surface area contributed by atoms with E-state index in [2.05, 4.69) is 11.9 Å². The van der Waals surface area contributed by atoms with Gasteiger partial charge in [0, 0.05) is 5.71 Å². The van der Waals surface area contributed by atoms with Crippen molar-refractivity contribution in [2.45, 2.75) is 33.1 Å². The van der Waals surface area contributed by atoms with Crippen LogP contribution < -0.4 is 0 Å². The summed E-state index contributed by atoms with van der Waals surface area (Å²) in [6.07, 6.45) is 8.32. The van der Waals surface area contributed by atoms with E-state index in [1.807, 2.05) is 19.1 Å². The van der Waals surface area contributed by atoms with Gasteiger partial charge in [0.05, 0.1) is 0 Å². The summed E-state index contributed by atoms with van der Waals surface area (Å²) in [7, 11) is 0. The molecule has 0 aromatic rings. The summed E-state index contributed by atoms with van der Waals surface area (Å²) in [5.41, 5.74) is 1.00. The van der Waals surface area contributed by atoms with E-state index in [9.17, 15) is 0 Å². The highest BCUT2D eigenvalue weighted by Crippen LogP contribution is 1.98. The topological polar surface area (TPSA) is 36.2 Å². The molecular weight excluding hydrogens is 136 g/mol. The summed E-state index contributed by atoms with van der Waals surface area (Å²) in [4.78, 5) is 3.92. The fourth-order valence-corrected chi connectivity index (χ4v) is 0.824. The molecule has 0 aliphatic rings. The third-order valence-electron chi connectivity index (χ3n) is 1.38. The molecule has 2 nitrogen and oxygen atoms in total. The van der Waals surface area contributed by atoms with Crippen LogP contribution >= 0.6 is 0 Å². The molecule has 0 unspecified atom stereocenters. The molecule has 0 fully saturated rings. The van der Waals surface area contributed by atoms with Gasteiger partial charge < -0.3 is 0 Å². The van der Waals surface area contributed by atoms with Crippen LogP contribution in [0.3, 0.4) is 0 Å². The van der Waals surface area contributed by atoms with Crippen molar-refractivity contribution < 1.29 is 0 Å². The molecule has 0 saturated heterocycles. The van der Waals surface area contributed by atoms with Gasteiger partial charge in [-0.2, -0.15) is 0 Å². The van der Waals surface area contributed by atoms with Gasteiger partial charge in [-0.15, -0.1) is 0 Å². The van der Waals surface area contributed by atoms with Crippen LogP contribution in [-0.2, 0) is 0 Å². The van der Waals surface area contributed by atoms with Crippen molar-refractivity contribution >= 4 is 12.1 Å². The van der Waals surface area contributed by atoms with E-state index in [1.165, 1.54) is 6.42 Å². The lowest BCUT2D eigenvalue weighted by Crippen LogP contribution is -1.93. The molecule has 11 heavy (non-hydrogen) atoms.